The topological polar surface area (TPSA) is 16.3 Å². The van der Waals surface area contributed by atoms with Crippen molar-refractivity contribution in [1.29, 1.82) is 0 Å². The minimum Gasteiger partial charge on any atom is -0.311 e. The molecule has 0 amide bonds. The first kappa shape index (κ1) is 30.9. The van der Waals surface area contributed by atoms with Gasteiger partial charge in [0.2, 0.25) is 0 Å². The lowest BCUT2D eigenvalue weighted by Crippen LogP contribution is -2.61. The third-order valence-electron chi connectivity index (χ3n) is 15.8. The van der Waals surface area contributed by atoms with Crippen molar-refractivity contribution in [2.24, 2.45) is 0 Å². The van der Waals surface area contributed by atoms with Gasteiger partial charge in [0, 0.05) is 72.4 Å². The number of rotatable bonds is 7. The second-order valence-electron chi connectivity index (χ2n) is 21.3. The minimum atomic E-state index is -1.31. The van der Waals surface area contributed by atoms with Crippen molar-refractivity contribution in [3.05, 3.63) is 284 Å². The summed E-state index contributed by atoms with van der Waals surface area (Å²) in [5.41, 5.74) is 6.17. The standard InChI is InChI=1S/C76H55BN4/c1-76(2,3)53-46-72-74-73(47-53)81(75-57(51-26-9-5-10-27-51)35-23-36-58(75)52-28-11-6-12-29-52)71-49-55(79-68-40-21-16-33-61(68)62-34-17-22-41-69(62)79)43-45-64(71)77(74)63-44-42-54(78-66-38-19-14-31-59(66)60-32-15-20-39-67(60)78)48-70(63)80(72)65-37-18-13-30-56(65)50-24-7-4-8-25-50/h4-49H,1-3H3/i14D,15D,16D,17D,19D,20D,21D,22D,31D,32D,33D,34D,38D,39D,40D,41D,42D,43D,44D,45D. The third-order valence-corrected chi connectivity index (χ3v) is 15.8. The molecule has 2 aromatic heterocycles. The van der Waals surface area contributed by atoms with Crippen LogP contribution in [0.3, 0.4) is 0 Å². The van der Waals surface area contributed by atoms with E-state index in [0.29, 0.717) is 44.9 Å². The van der Waals surface area contributed by atoms with Gasteiger partial charge in [0.15, 0.2) is 0 Å². The molecule has 4 heterocycles. The highest BCUT2D eigenvalue weighted by molar-refractivity contribution is 7.00. The maximum Gasteiger partial charge on any atom is 0.252 e. The Kier molecular flexibility index (Phi) is 6.96. The molecule has 0 unspecified atom stereocenters. The van der Waals surface area contributed by atoms with Crippen LogP contribution in [0.4, 0.5) is 34.1 Å². The predicted molar refractivity (Wildman–Crippen MR) is 344 cm³/mol. The SMILES string of the molecule is [2H]c1c(-n2c3c([2H])c([2H])c([2H])c([2H])c3c3c([2H])c([2H])c([2H])c([2H])c32)cc2c(c1[2H])B1c3c(cc(C(C)(C)C)cc3N(c3c(-c4ccccc4)cccc3-c3ccccc3)c3cc(-n4c5c([2H])c([2H])c([2H])c([2H])c5c5c([2H])c([2H])c([2H])c([2H])c54)c([2H])c([2H])c31)N2c1ccccc1-c1ccccc1. The Bertz CT molecular complexity index is 5820. The summed E-state index contributed by atoms with van der Waals surface area (Å²) in [4.78, 5) is 4.00. The van der Waals surface area contributed by atoms with Crippen molar-refractivity contribution < 1.29 is 27.4 Å². The maximum absolute atomic E-state index is 11.0. The molecule has 0 bridgehead atoms. The van der Waals surface area contributed by atoms with Crippen LogP contribution >= 0.6 is 0 Å². The molecule has 81 heavy (non-hydrogen) atoms. The Hall–Kier alpha value is -10.1. The summed E-state index contributed by atoms with van der Waals surface area (Å²) in [5, 5.41) is -0.963. The fourth-order valence-corrected chi connectivity index (χ4v) is 12.2. The number of anilines is 6. The van der Waals surface area contributed by atoms with E-state index in [-0.39, 0.29) is 77.3 Å². The Balaban J connectivity index is 1.15. The molecule has 0 fully saturated rings. The van der Waals surface area contributed by atoms with Crippen molar-refractivity contribution in [1.82, 2.24) is 9.13 Å². The van der Waals surface area contributed by atoms with Crippen molar-refractivity contribution in [3.63, 3.8) is 0 Å². The molecule has 14 aromatic rings. The average Bonchev–Trinajstić information content (AvgIpc) is 1.34. The van der Waals surface area contributed by atoms with Crippen molar-refractivity contribution in [3.8, 4) is 44.8 Å². The van der Waals surface area contributed by atoms with Gasteiger partial charge in [0.05, 0.1) is 60.9 Å². The van der Waals surface area contributed by atoms with E-state index in [2.05, 4.69) is 26.8 Å². The lowest BCUT2D eigenvalue weighted by atomic mass is 9.33. The molecule has 0 saturated heterocycles. The quantitative estimate of drug-likeness (QED) is 0.148. The van der Waals surface area contributed by atoms with Crippen LogP contribution < -0.4 is 26.2 Å². The number of nitrogens with zero attached hydrogens (tertiary/aromatic N) is 4. The molecule has 12 aromatic carbocycles. The fourth-order valence-electron chi connectivity index (χ4n) is 12.2. The van der Waals surface area contributed by atoms with E-state index in [0.717, 1.165) is 22.3 Å². The van der Waals surface area contributed by atoms with Crippen LogP contribution in [0.1, 0.15) is 53.7 Å². The van der Waals surface area contributed by atoms with E-state index in [9.17, 15) is 16.4 Å². The molecule has 2 aliphatic heterocycles. The van der Waals surface area contributed by atoms with Crippen LogP contribution in [0.2, 0.25) is 0 Å². The summed E-state index contributed by atoms with van der Waals surface area (Å²) in [6.07, 6.45) is 0. The van der Waals surface area contributed by atoms with Gasteiger partial charge in [-0.3, -0.25) is 0 Å². The number of aromatic nitrogens is 2. The zero-order valence-electron chi connectivity index (χ0n) is 63.9. The highest BCUT2D eigenvalue weighted by atomic mass is 15.2. The van der Waals surface area contributed by atoms with Crippen LogP contribution in [0.25, 0.3) is 88.4 Å². The zero-order chi connectivity index (χ0) is 71.3. The Morgan fingerprint density at radius 2 is 0.728 bits per heavy atom. The molecule has 2 aliphatic rings. The van der Waals surface area contributed by atoms with Crippen molar-refractivity contribution in [2.75, 3.05) is 9.80 Å². The predicted octanol–water partition coefficient (Wildman–Crippen LogP) is 18.3. The van der Waals surface area contributed by atoms with Gasteiger partial charge < -0.3 is 18.9 Å². The summed E-state index contributed by atoms with van der Waals surface area (Å²) in [7, 11) is 0. The van der Waals surface area contributed by atoms with Gasteiger partial charge in [0.1, 0.15) is 0 Å². The highest BCUT2D eigenvalue weighted by Gasteiger charge is 2.45. The van der Waals surface area contributed by atoms with Gasteiger partial charge in [-0.25, -0.2) is 0 Å². The van der Waals surface area contributed by atoms with Gasteiger partial charge in [0.25, 0.3) is 6.71 Å². The normalized spacial score (nSPS) is 16.3. The number of benzene rings is 12. The van der Waals surface area contributed by atoms with E-state index in [1.54, 1.807) is 12.1 Å². The lowest BCUT2D eigenvalue weighted by Gasteiger charge is -2.46. The minimum absolute atomic E-state index is 0.112. The van der Waals surface area contributed by atoms with Gasteiger partial charge in [-0.2, -0.15) is 0 Å². The Morgan fingerprint density at radius 3 is 1.19 bits per heavy atom. The van der Waals surface area contributed by atoms with Gasteiger partial charge in [-0.1, -0.05) is 233 Å². The molecule has 0 N–H and O–H groups in total. The number of fused-ring (bicyclic) bond motifs is 10. The Morgan fingerprint density at radius 1 is 0.346 bits per heavy atom. The molecule has 16 rings (SSSR count). The number of hydrogen-bond donors (Lipinski definition) is 0. The van der Waals surface area contributed by atoms with Crippen LogP contribution in [-0.4, -0.2) is 15.8 Å². The molecule has 0 radical (unpaired) electrons. The second-order valence-corrected chi connectivity index (χ2v) is 21.3. The molecule has 0 spiro atoms. The smallest absolute Gasteiger partial charge is 0.252 e. The van der Waals surface area contributed by atoms with Crippen LogP contribution in [0, 0.1) is 0 Å². The van der Waals surface area contributed by atoms with E-state index < -0.39 is 133 Å². The molecule has 0 aliphatic carbocycles. The Labute approximate surface area is 500 Å². The van der Waals surface area contributed by atoms with Crippen molar-refractivity contribution >= 4 is 101 Å². The monoisotopic (exact) mass is 1050 g/mol. The van der Waals surface area contributed by atoms with Crippen molar-refractivity contribution in [2.45, 2.75) is 26.2 Å². The highest BCUT2D eigenvalue weighted by Crippen LogP contribution is 2.52. The lowest BCUT2D eigenvalue weighted by molar-refractivity contribution is 0.590. The summed E-state index contributed by atoms with van der Waals surface area (Å²) in [6, 6.07) is 37.5. The number of hydrogen-bond acceptors (Lipinski definition) is 2. The number of para-hydroxylation sites is 6. The first-order valence-electron chi connectivity index (χ1n) is 36.7. The molecular formula is C76H55BN4. The van der Waals surface area contributed by atoms with Gasteiger partial charge >= 0.3 is 0 Å². The third kappa shape index (κ3) is 7.25. The largest absolute Gasteiger partial charge is 0.311 e. The molecule has 4 nitrogen and oxygen atoms in total. The zero-order valence-corrected chi connectivity index (χ0v) is 43.9. The molecule has 0 saturated carbocycles. The average molecular weight is 1060 g/mol. The van der Waals surface area contributed by atoms with Gasteiger partial charge in [-0.05, 0) is 111 Å². The summed E-state index contributed by atoms with van der Waals surface area (Å²) in [5.74, 6) is 0. The summed E-state index contributed by atoms with van der Waals surface area (Å²) >= 11 is 0. The van der Waals surface area contributed by atoms with Crippen LogP contribution in [0.15, 0.2) is 279 Å². The van der Waals surface area contributed by atoms with Crippen LogP contribution in [-0.2, 0) is 5.41 Å². The second kappa shape index (κ2) is 18.2. The van der Waals surface area contributed by atoms with Gasteiger partial charge in [-0.15, -0.1) is 0 Å². The maximum atomic E-state index is 11.0. The first-order valence-corrected chi connectivity index (χ1v) is 26.7. The first-order chi connectivity index (χ1) is 48.2. The molecular weight excluding hydrogens is 980 g/mol. The van der Waals surface area contributed by atoms with E-state index in [1.807, 2.05) is 149 Å². The summed E-state index contributed by atoms with van der Waals surface area (Å²) < 4.78 is 194. The summed E-state index contributed by atoms with van der Waals surface area (Å²) in [6.45, 7) is 4.87. The fraction of sp³-hybridized carbons (Fsp3) is 0.0526. The van der Waals surface area contributed by atoms with E-state index in [4.69, 9.17) is 11.0 Å². The van der Waals surface area contributed by atoms with E-state index in [1.165, 1.54) is 9.13 Å². The molecule has 5 heteroatoms. The van der Waals surface area contributed by atoms with Crippen LogP contribution in [0.5, 0.6) is 0 Å². The van der Waals surface area contributed by atoms with E-state index >= 15 is 0 Å². The molecule has 0 atom stereocenters. The molecule has 382 valence electrons.